The monoisotopic (exact) mass is 337 g/mol. The highest BCUT2D eigenvalue weighted by molar-refractivity contribution is 9.10. The van der Waals surface area contributed by atoms with Crippen molar-refractivity contribution >= 4 is 27.7 Å². The molecule has 1 N–H and O–H groups in total. The Balaban J connectivity index is 1.54. The SMILES string of the molecule is O=C(NC1CCC1)C1CCN(c2ncccc2Br)CC1. The molecule has 0 bridgehead atoms. The van der Waals surface area contributed by atoms with E-state index in [1.165, 1.54) is 6.42 Å². The van der Waals surface area contributed by atoms with Gasteiger partial charge in [-0.25, -0.2) is 4.98 Å². The number of carbonyl (C=O) groups is 1. The van der Waals surface area contributed by atoms with E-state index in [2.05, 4.69) is 31.1 Å². The van der Waals surface area contributed by atoms with Gasteiger partial charge < -0.3 is 10.2 Å². The first kappa shape index (κ1) is 13.9. The van der Waals surface area contributed by atoms with Crippen LogP contribution in [0.15, 0.2) is 22.8 Å². The van der Waals surface area contributed by atoms with Crippen LogP contribution in [0.3, 0.4) is 0 Å². The van der Waals surface area contributed by atoms with E-state index >= 15 is 0 Å². The van der Waals surface area contributed by atoms with Crippen molar-refractivity contribution in [3.05, 3.63) is 22.8 Å². The summed E-state index contributed by atoms with van der Waals surface area (Å²) in [5.74, 6) is 1.43. The predicted molar refractivity (Wildman–Crippen MR) is 82.7 cm³/mol. The molecule has 2 fully saturated rings. The topological polar surface area (TPSA) is 45.2 Å². The summed E-state index contributed by atoms with van der Waals surface area (Å²) in [6.45, 7) is 1.80. The van der Waals surface area contributed by atoms with Gasteiger partial charge in [0.25, 0.3) is 0 Å². The van der Waals surface area contributed by atoms with Gasteiger partial charge in [0, 0.05) is 31.2 Å². The van der Waals surface area contributed by atoms with E-state index in [9.17, 15) is 4.79 Å². The molecule has 0 atom stereocenters. The third-order valence-corrected chi connectivity index (χ3v) is 4.97. The van der Waals surface area contributed by atoms with Crippen molar-refractivity contribution in [1.29, 1.82) is 0 Å². The Morgan fingerprint density at radius 1 is 1.30 bits per heavy atom. The zero-order valence-corrected chi connectivity index (χ0v) is 13.1. The second-order valence-corrected chi connectivity index (χ2v) is 6.56. The summed E-state index contributed by atoms with van der Waals surface area (Å²) in [4.78, 5) is 18.8. The van der Waals surface area contributed by atoms with Crippen molar-refractivity contribution in [3.8, 4) is 0 Å². The van der Waals surface area contributed by atoms with Gasteiger partial charge in [0.1, 0.15) is 5.82 Å². The summed E-state index contributed by atoms with van der Waals surface area (Å²) in [5, 5.41) is 3.17. The van der Waals surface area contributed by atoms with Gasteiger partial charge in [0.2, 0.25) is 5.91 Å². The first-order valence-corrected chi connectivity index (χ1v) is 8.19. The van der Waals surface area contributed by atoms with Crippen molar-refractivity contribution in [1.82, 2.24) is 10.3 Å². The first-order chi connectivity index (χ1) is 9.74. The molecule has 3 rings (SSSR count). The maximum Gasteiger partial charge on any atom is 0.223 e. The third-order valence-electron chi connectivity index (χ3n) is 4.36. The third kappa shape index (κ3) is 2.97. The van der Waals surface area contributed by atoms with Crippen LogP contribution >= 0.6 is 15.9 Å². The number of hydrogen-bond acceptors (Lipinski definition) is 3. The quantitative estimate of drug-likeness (QED) is 0.922. The lowest BCUT2D eigenvalue weighted by molar-refractivity contribution is -0.126. The number of carbonyl (C=O) groups excluding carboxylic acids is 1. The van der Waals surface area contributed by atoms with Crippen LogP contribution in [0, 0.1) is 5.92 Å². The lowest BCUT2D eigenvalue weighted by Crippen LogP contribution is -2.46. The van der Waals surface area contributed by atoms with Gasteiger partial charge in [0.05, 0.1) is 4.47 Å². The summed E-state index contributed by atoms with van der Waals surface area (Å²) in [6, 6.07) is 4.38. The highest BCUT2D eigenvalue weighted by Crippen LogP contribution is 2.28. The summed E-state index contributed by atoms with van der Waals surface area (Å²) in [6.07, 6.45) is 7.23. The maximum absolute atomic E-state index is 12.2. The minimum absolute atomic E-state index is 0.175. The first-order valence-electron chi connectivity index (χ1n) is 7.40. The number of pyridine rings is 1. The highest BCUT2D eigenvalue weighted by atomic mass is 79.9. The zero-order valence-electron chi connectivity index (χ0n) is 11.5. The van der Waals surface area contributed by atoms with Crippen LogP contribution < -0.4 is 10.2 Å². The molecule has 1 aromatic rings. The fourth-order valence-corrected chi connectivity index (χ4v) is 3.34. The van der Waals surface area contributed by atoms with E-state index in [0.29, 0.717) is 6.04 Å². The van der Waals surface area contributed by atoms with E-state index in [4.69, 9.17) is 0 Å². The molecule has 0 unspecified atom stereocenters. The lowest BCUT2D eigenvalue weighted by atomic mass is 9.90. The number of nitrogens with one attached hydrogen (secondary N) is 1. The molecule has 1 amide bonds. The largest absolute Gasteiger partial charge is 0.356 e. The average molecular weight is 338 g/mol. The average Bonchev–Trinajstić information content (AvgIpc) is 2.43. The van der Waals surface area contributed by atoms with Gasteiger partial charge in [-0.15, -0.1) is 0 Å². The van der Waals surface area contributed by atoms with Crippen LogP contribution in [0.25, 0.3) is 0 Å². The fraction of sp³-hybridized carbons (Fsp3) is 0.600. The minimum atomic E-state index is 0.175. The molecular weight excluding hydrogens is 318 g/mol. The van der Waals surface area contributed by atoms with Crippen molar-refractivity contribution in [2.75, 3.05) is 18.0 Å². The van der Waals surface area contributed by atoms with Crippen LogP contribution in [-0.2, 0) is 4.79 Å². The van der Waals surface area contributed by atoms with Gasteiger partial charge in [-0.3, -0.25) is 4.79 Å². The molecule has 1 saturated heterocycles. The van der Waals surface area contributed by atoms with E-state index < -0.39 is 0 Å². The van der Waals surface area contributed by atoms with Crippen molar-refractivity contribution in [3.63, 3.8) is 0 Å². The normalized spacial score (nSPS) is 20.6. The van der Waals surface area contributed by atoms with Crippen LogP contribution in [-0.4, -0.2) is 30.0 Å². The number of piperidine rings is 1. The summed E-state index contributed by atoms with van der Waals surface area (Å²) in [7, 11) is 0. The molecule has 0 radical (unpaired) electrons. The van der Waals surface area contributed by atoms with Crippen molar-refractivity contribution < 1.29 is 4.79 Å². The molecule has 5 heteroatoms. The van der Waals surface area contributed by atoms with E-state index in [1.807, 2.05) is 18.3 Å². The number of halogens is 1. The Labute approximate surface area is 128 Å². The summed E-state index contributed by atoms with van der Waals surface area (Å²) in [5.41, 5.74) is 0. The Bertz CT molecular complexity index is 482. The zero-order chi connectivity index (χ0) is 13.9. The van der Waals surface area contributed by atoms with Crippen LogP contribution in [0.5, 0.6) is 0 Å². The molecule has 20 heavy (non-hydrogen) atoms. The number of hydrogen-bond donors (Lipinski definition) is 1. The minimum Gasteiger partial charge on any atom is -0.356 e. The molecule has 1 aliphatic carbocycles. The Kier molecular flexibility index (Phi) is 4.24. The van der Waals surface area contributed by atoms with Gasteiger partial charge >= 0.3 is 0 Å². The number of amides is 1. The van der Waals surface area contributed by atoms with Crippen LogP contribution in [0.4, 0.5) is 5.82 Å². The summed E-state index contributed by atoms with van der Waals surface area (Å²) >= 11 is 3.54. The van der Waals surface area contributed by atoms with Gasteiger partial charge in [-0.2, -0.15) is 0 Å². The molecule has 2 aliphatic rings. The lowest BCUT2D eigenvalue weighted by Gasteiger charge is -2.34. The fourth-order valence-electron chi connectivity index (χ4n) is 2.84. The van der Waals surface area contributed by atoms with E-state index in [1.54, 1.807) is 0 Å². The molecule has 2 heterocycles. The summed E-state index contributed by atoms with van der Waals surface area (Å²) < 4.78 is 1.03. The Hall–Kier alpha value is -1.10. The molecular formula is C15H20BrN3O. The van der Waals surface area contributed by atoms with E-state index in [-0.39, 0.29) is 11.8 Å². The second-order valence-electron chi connectivity index (χ2n) is 5.71. The molecule has 4 nitrogen and oxygen atoms in total. The van der Waals surface area contributed by atoms with Gasteiger partial charge in [-0.1, -0.05) is 0 Å². The van der Waals surface area contributed by atoms with E-state index in [0.717, 1.165) is 49.1 Å². The van der Waals surface area contributed by atoms with Gasteiger partial charge in [0.15, 0.2) is 0 Å². The predicted octanol–water partition coefficient (Wildman–Crippen LogP) is 2.73. The molecule has 108 valence electrons. The van der Waals surface area contributed by atoms with Gasteiger partial charge in [-0.05, 0) is 60.2 Å². The molecule has 0 aromatic carbocycles. The smallest absolute Gasteiger partial charge is 0.223 e. The van der Waals surface area contributed by atoms with Crippen molar-refractivity contribution in [2.24, 2.45) is 5.92 Å². The highest BCUT2D eigenvalue weighted by Gasteiger charge is 2.28. The number of aromatic nitrogens is 1. The Morgan fingerprint density at radius 3 is 2.65 bits per heavy atom. The molecule has 1 aromatic heterocycles. The maximum atomic E-state index is 12.2. The second kappa shape index (κ2) is 6.12. The number of anilines is 1. The van der Waals surface area contributed by atoms with Crippen molar-refractivity contribution in [2.45, 2.75) is 38.1 Å². The van der Waals surface area contributed by atoms with Crippen LogP contribution in [0.1, 0.15) is 32.1 Å². The molecule has 0 spiro atoms. The molecule has 1 saturated carbocycles. The standard InChI is InChI=1S/C15H20BrN3O/c16-13-5-2-8-17-14(13)19-9-6-11(7-10-19)15(20)18-12-3-1-4-12/h2,5,8,11-12H,1,3-4,6-7,9-10H2,(H,18,20). The van der Waals surface area contributed by atoms with Crippen LogP contribution in [0.2, 0.25) is 0 Å². The number of nitrogens with zero attached hydrogens (tertiary/aromatic N) is 2. The number of rotatable bonds is 3. The molecule has 1 aliphatic heterocycles. The Morgan fingerprint density at radius 2 is 2.05 bits per heavy atom.